The Labute approximate surface area is 142 Å². The number of hydrogen-bond acceptors (Lipinski definition) is 4. The predicted octanol–water partition coefficient (Wildman–Crippen LogP) is 2.26. The largest absolute Gasteiger partial charge is 0.490 e. The average molecular weight is 356 g/mol. The second kappa shape index (κ2) is 6.98. The normalized spacial score (nSPS) is 19.2. The molecule has 134 valence electrons. The van der Waals surface area contributed by atoms with E-state index < -0.39 is 21.4 Å². The van der Waals surface area contributed by atoms with Crippen LogP contribution in [0.1, 0.15) is 44.1 Å². The quantitative estimate of drug-likeness (QED) is 0.630. The Hall–Kier alpha value is -1.18. The molecule has 0 saturated heterocycles. The summed E-state index contributed by atoms with van der Waals surface area (Å²) in [7, 11) is -3.38. The molecule has 2 aliphatic carbocycles. The second-order valence-corrected chi connectivity index (χ2v) is 8.74. The minimum absolute atomic E-state index is 0.0676. The van der Waals surface area contributed by atoms with E-state index >= 15 is 0 Å². The van der Waals surface area contributed by atoms with E-state index in [2.05, 4.69) is 4.72 Å². The Balaban J connectivity index is 1.69. The number of benzene rings is 1. The Bertz CT molecular complexity index is 685. The summed E-state index contributed by atoms with van der Waals surface area (Å²) in [6.45, 7) is 1.01. The van der Waals surface area contributed by atoms with Crippen LogP contribution < -0.4 is 15.2 Å². The van der Waals surface area contributed by atoms with E-state index in [1.54, 1.807) is 12.1 Å². The zero-order chi connectivity index (χ0) is 17.2. The van der Waals surface area contributed by atoms with Crippen LogP contribution in [0, 0.1) is 11.7 Å². The van der Waals surface area contributed by atoms with Crippen LogP contribution in [0.15, 0.2) is 18.2 Å². The maximum absolute atomic E-state index is 13.9. The number of unbranched alkanes of at least 4 members (excludes halogenated alkanes) is 1. The van der Waals surface area contributed by atoms with Crippen molar-refractivity contribution in [1.82, 2.24) is 4.72 Å². The van der Waals surface area contributed by atoms with E-state index in [9.17, 15) is 12.8 Å². The monoisotopic (exact) mass is 356 g/mol. The van der Waals surface area contributed by atoms with Crippen molar-refractivity contribution < 1.29 is 17.5 Å². The molecular formula is C17H25FN2O3S. The van der Waals surface area contributed by atoms with Gasteiger partial charge in [-0.1, -0.05) is 6.07 Å². The molecule has 0 atom stereocenters. The fourth-order valence-corrected chi connectivity index (χ4v) is 4.37. The van der Waals surface area contributed by atoms with E-state index in [0.717, 1.165) is 31.2 Å². The Morgan fingerprint density at radius 3 is 2.67 bits per heavy atom. The molecule has 0 radical (unpaired) electrons. The molecule has 1 aromatic rings. The second-order valence-electron chi connectivity index (χ2n) is 6.90. The summed E-state index contributed by atoms with van der Waals surface area (Å²) in [5.41, 5.74) is 5.58. The van der Waals surface area contributed by atoms with E-state index in [1.165, 1.54) is 6.07 Å². The van der Waals surface area contributed by atoms with Crippen LogP contribution in [0.2, 0.25) is 0 Å². The van der Waals surface area contributed by atoms with Crippen molar-refractivity contribution >= 4 is 10.0 Å². The fraction of sp³-hybridized carbons (Fsp3) is 0.647. The number of ether oxygens (including phenoxy) is 1. The number of halogens is 1. The van der Waals surface area contributed by atoms with Crippen molar-refractivity contribution in [3.05, 3.63) is 29.6 Å². The molecule has 1 aromatic carbocycles. The highest BCUT2D eigenvalue weighted by molar-refractivity contribution is 7.89. The van der Waals surface area contributed by atoms with Crippen LogP contribution in [0.5, 0.6) is 5.75 Å². The van der Waals surface area contributed by atoms with Crippen LogP contribution in [0.25, 0.3) is 0 Å². The van der Waals surface area contributed by atoms with Crippen molar-refractivity contribution in [2.24, 2.45) is 11.7 Å². The van der Waals surface area contributed by atoms with Gasteiger partial charge in [0.15, 0.2) is 11.6 Å². The lowest BCUT2D eigenvalue weighted by atomic mass is 10.1. The van der Waals surface area contributed by atoms with Gasteiger partial charge in [-0.15, -0.1) is 0 Å². The molecule has 0 amide bonds. The molecular weight excluding hydrogens is 331 g/mol. The van der Waals surface area contributed by atoms with Crippen LogP contribution in [-0.4, -0.2) is 27.3 Å². The molecule has 7 heteroatoms. The van der Waals surface area contributed by atoms with Gasteiger partial charge < -0.3 is 10.5 Å². The number of rotatable bonds is 10. The summed E-state index contributed by atoms with van der Waals surface area (Å²) in [6, 6.07) is 4.65. The molecule has 2 aliphatic rings. The molecule has 2 saturated carbocycles. The topological polar surface area (TPSA) is 81.4 Å². The summed E-state index contributed by atoms with van der Waals surface area (Å²) in [5.74, 6) is 0.413. The Morgan fingerprint density at radius 2 is 2.04 bits per heavy atom. The maximum Gasteiger partial charge on any atom is 0.212 e. The lowest BCUT2D eigenvalue weighted by Gasteiger charge is -2.19. The van der Waals surface area contributed by atoms with Crippen molar-refractivity contribution in [2.45, 2.75) is 44.1 Å². The summed E-state index contributed by atoms with van der Waals surface area (Å²) < 4.78 is 46.8. The van der Waals surface area contributed by atoms with Gasteiger partial charge in [0.1, 0.15) is 0 Å². The summed E-state index contributed by atoms with van der Waals surface area (Å²) in [6.07, 6.45) is 4.93. The standard InChI is InChI=1S/C17H25FN2O3S/c18-15-6-5-14(11-16(15)23-12-13-3-4-13)17(7-8-17)20-24(21,22)10-2-1-9-19/h5-6,11,13,20H,1-4,7-10,12,19H2. The average Bonchev–Trinajstić information content (AvgIpc) is 3.42. The van der Waals surface area contributed by atoms with Crippen LogP contribution in [-0.2, 0) is 15.6 Å². The zero-order valence-electron chi connectivity index (χ0n) is 13.8. The van der Waals surface area contributed by atoms with Crippen LogP contribution >= 0.6 is 0 Å². The summed E-state index contributed by atoms with van der Waals surface area (Å²) >= 11 is 0. The number of sulfonamides is 1. The van der Waals surface area contributed by atoms with Crippen LogP contribution in [0.3, 0.4) is 0 Å². The predicted molar refractivity (Wildman–Crippen MR) is 90.7 cm³/mol. The Kier molecular flexibility index (Phi) is 5.13. The molecule has 3 rings (SSSR count). The lowest BCUT2D eigenvalue weighted by Crippen LogP contribution is -2.36. The molecule has 5 nitrogen and oxygen atoms in total. The third kappa shape index (κ3) is 4.46. The van der Waals surface area contributed by atoms with Gasteiger partial charge in [0, 0.05) is 0 Å². The van der Waals surface area contributed by atoms with Crippen molar-refractivity contribution in [3.63, 3.8) is 0 Å². The molecule has 0 aromatic heterocycles. The zero-order valence-corrected chi connectivity index (χ0v) is 14.6. The summed E-state index contributed by atoms with van der Waals surface area (Å²) in [4.78, 5) is 0. The van der Waals surface area contributed by atoms with Gasteiger partial charge in [0.2, 0.25) is 10.0 Å². The minimum Gasteiger partial charge on any atom is -0.490 e. The lowest BCUT2D eigenvalue weighted by molar-refractivity contribution is 0.284. The number of nitrogens with two attached hydrogens (primary N) is 1. The fourth-order valence-electron chi connectivity index (χ4n) is 2.76. The molecule has 2 fully saturated rings. The first kappa shape index (κ1) is 17.6. The first-order valence-electron chi connectivity index (χ1n) is 8.59. The number of hydrogen-bond donors (Lipinski definition) is 2. The van der Waals surface area contributed by atoms with Gasteiger partial charge in [-0.2, -0.15) is 0 Å². The van der Waals surface area contributed by atoms with Gasteiger partial charge in [0.05, 0.1) is 17.9 Å². The van der Waals surface area contributed by atoms with Crippen molar-refractivity contribution in [2.75, 3.05) is 18.9 Å². The molecule has 3 N–H and O–H groups in total. The first-order valence-corrected chi connectivity index (χ1v) is 10.2. The highest BCUT2D eigenvalue weighted by atomic mass is 32.2. The van der Waals surface area contributed by atoms with Gasteiger partial charge in [-0.25, -0.2) is 17.5 Å². The third-order valence-corrected chi connectivity index (χ3v) is 6.15. The smallest absolute Gasteiger partial charge is 0.212 e. The van der Waals surface area contributed by atoms with Crippen LogP contribution in [0.4, 0.5) is 4.39 Å². The van der Waals surface area contributed by atoms with Crippen molar-refractivity contribution in [1.29, 1.82) is 0 Å². The maximum atomic E-state index is 13.9. The molecule has 0 heterocycles. The van der Waals surface area contributed by atoms with Crippen molar-refractivity contribution in [3.8, 4) is 5.75 Å². The molecule has 0 unspecified atom stereocenters. The first-order chi connectivity index (χ1) is 11.4. The molecule has 0 bridgehead atoms. The van der Waals surface area contributed by atoms with Gasteiger partial charge in [-0.3, -0.25) is 0 Å². The third-order valence-electron chi connectivity index (χ3n) is 4.62. The molecule has 24 heavy (non-hydrogen) atoms. The molecule has 0 spiro atoms. The highest BCUT2D eigenvalue weighted by Crippen LogP contribution is 2.47. The van der Waals surface area contributed by atoms with E-state index in [4.69, 9.17) is 10.5 Å². The Morgan fingerprint density at radius 1 is 1.29 bits per heavy atom. The number of nitrogens with one attached hydrogen (secondary N) is 1. The van der Waals surface area contributed by atoms with Gasteiger partial charge in [-0.05, 0) is 68.7 Å². The van der Waals surface area contributed by atoms with E-state index in [1.807, 2.05) is 0 Å². The van der Waals surface area contributed by atoms with E-state index in [0.29, 0.717) is 31.9 Å². The SMILES string of the molecule is NCCCCS(=O)(=O)NC1(c2ccc(F)c(OCC3CC3)c2)CC1. The van der Waals surface area contributed by atoms with E-state index in [-0.39, 0.29) is 11.5 Å². The minimum atomic E-state index is -3.38. The highest BCUT2D eigenvalue weighted by Gasteiger charge is 2.47. The van der Waals surface area contributed by atoms with Gasteiger partial charge >= 0.3 is 0 Å². The molecule has 0 aliphatic heterocycles. The summed E-state index contributed by atoms with van der Waals surface area (Å²) in [5, 5.41) is 0. The van der Waals surface area contributed by atoms with Gasteiger partial charge in [0.25, 0.3) is 0 Å².